The second kappa shape index (κ2) is 4.20. The van der Waals surface area contributed by atoms with Gasteiger partial charge in [-0.25, -0.2) is 0 Å². The Morgan fingerprint density at radius 2 is 2.55 bits per heavy atom. The summed E-state index contributed by atoms with van der Waals surface area (Å²) in [6.07, 6.45) is 4.24. The van der Waals surface area contributed by atoms with Gasteiger partial charge in [0.1, 0.15) is 0 Å². The van der Waals surface area contributed by atoms with Crippen LogP contribution in [0, 0.1) is 11.5 Å². The summed E-state index contributed by atoms with van der Waals surface area (Å²) in [5.41, 5.74) is 0. The number of nitrogens with zero attached hydrogens (tertiary/aromatic N) is 2. The molecule has 0 aliphatic carbocycles. The van der Waals surface area contributed by atoms with Crippen LogP contribution in [0.25, 0.3) is 0 Å². The second-order valence-corrected chi connectivity index (χ2v) is 2.81. The van der Waals surface area contributed by atoms with Gasteiger partial charge in [0.25, 0.3) is 0 Å². The summed E-state index contributed by atoms with van der Waals surface area (Å²) in [5.74, 6) is 0. The maximum atomic E-state index is 8.74. The highest BCUT2D eigenvalue weighted by Crippen LogP contribution is 2.11. The number of nitriles is 1. The number of rotatable bonds is 3. The van der Waals surface area contributed by atoms with Crippen molar-refractivity contribution in [3.63, 3.8) is 0 Å². The van der Waals surface area contributed by atoms with Crippen LogP contribution < -0.4 is 0 Å². The van der Waals surface area contributed by atoms with Crippen LogP contribution in [0.15, 0.2) is 0 Å². The first-order chi connectivity index (χ1) is 5.38. The summed E-state index contributed by atoms with van der Waals surface area (Å²) in [4.78, 5) is 1.83. The molecule has 3 heteroatoms. The predicted octanol–water partition coefficient (Wildman–Crippen LogP) is 0.968. The average Bonchev–Trinajstić information content (AvgIpc) is 2.52. The molecule has 0 saturated carbocycles. The third-order valence-corrected chi connectivity index (χ3v) is 1.94. The lowest BCUT2D eigenvalue weighted by Gasteiger charge is -2.20. The molecule has 0 bridgehead atoms. The van der Waals surface area contributed by atoms with Crippen LogP contribution >= 0.6 is 0 Å². The number of hydrogen-bond donors (Lipinski definition) is 0. The summed E-state index contributed by atoms with van der Waals surface area (Å²) in [7, 11) is 0. The van der Waals surface area contributed by atoms with E-state index in [1.54, 1.807) is 0 Å². The minimum atomic E-state index is 0.347. The van der Waals surface area contributed by atoms with E-state index < -0.39 is 0 Å². The molecule has 0 N–H and O–H groups in total. The van der Waals surface area contributed by atoms with E-state index in [1.807, 2.05) is 4.90 Å². The molecule has 1 atom stereocenters. The van der Waals surface area contributed by atoms with Crippen LogP contribution in [0.1, 0.15) is 19.8 Å². The highest BCUT2D eigenvalue weighted by molar-refractivity contribution is 4.84. The van der Waals surface area contributed by atoms with Gasteiger partial charge < -0.3 is 9.64 Å². The summed E-state index contributed by atoms with van der Waals surface area (Å²) in [5, 5.41) is 8.74. The maximum absolute atomic E-state index is 8.74. The van der Waals surface area contributed by atoms with Crippen molar-refractivity contribution in [1.82, 2.24) is 4.90 Å². The van der Waals surface area contributed by atoms with Crippen molar-refractivity contribution in [3.8, 4) is 6.19 Å². The van der Waals surface area contributed by atoms with Crippen molar-refractivity contribution in [3.05, 3.63) is 0 Å². The highest BCUT2D eigenvalue weighted by atomic mass is 16.5. The van der Waals surface area contributed by atoms with Crippen LogP contribution in [-0.4, -0.2) is 30.7 Å². The molecule has 62 valence electrons. The topological polar surface area (TPSA) is 36.3 Å². The van der Waals surface area contributed by atoms with Gasteiger partial charge in [-0.1, -0.05) is 6.92 Å². The van der Waals surface area contributed by atoms with Crippen molar-refractivity contribution in [2.75, 3.05) is 19.8 Å². The first kappa shape index (κ1) is 8.35. The summed E-state index contributed by atoms with van der Waals surface area (Å²) < 4.78 is 5.19. The van der Waals surface area contributed by atoms with Crippen LogP contribution in [0.5, 0.6) is 0 Å². The SMILES string of the molecule is CCCN(C#N)C1CCOC1. The molecule has 1 aliphatic rings. The molecule has 1 rings (SSSR count). The van der Waals surface area contributed by atoms with Crippen LogP contribution in [-0.2, 0) is 4.74 Å². The van der Waals surface area contributed by atoms with Gasteiger partial charge in [0, 0.05) is 13.2 Å². The summed E-state index contributed by atoms with van der Waals surface area (Å²) >= 11 is 0. The quantitative estimate of drug-likeness (QED) is 0.449. The normalized spacial score (nSPS) is 23.1. The molecule has 1 saturated heterocycles. The van der Waals surface area contributed by atoms with E-state index in [-0.39, 0.29) is 0 Å². The molecule has 0 aromatic carbocycles. The predicted molar refractivity (Wildman–Crippen MR) is 41.8 cm³/mol. The van der Waals surface area contributed by atoms with Crippen molar-refractivity contribution < 1.29 is 4.74 Å². The Kier molecular flexibility index (Phi) is 3.18. The Labute approximate surface area is 67.6 Å². The lowest BCUT2D eigenvalue weighted by molar-refractivity contribution is 0.170. The van der Waals surface area contributed by atoms with Gasteiger partial charge in [-0.15, -0.1) is 0 Å². The Bertz CT molecular complexity index is 147. The largest absolute Gasteiger partial charge is 0.379 e. The molecule has 1 fully saturated rings. The Morgan fingerprint density at radius 1 is 1.73 bits per heavy atom. The molecule has 1 heterocycles. The van der Waals surface area contributed by atoms with Crippen molar-refractivity contribution in [2.45, 2.75) is 25.8 Å². The van der Waals surface area contributed by atoms with E-state index in [0.717, 1.165) is 32.6 Å². The van der Waals surface area contributed by atoms with E-state index >= 15 is 0 Å². The first-order valence-electron chi connectivity index (χ1n) is 4.12. The fourth-order valence-electron chi connectivity index (χ4n) is 1.32. The van der Waals surface area contributed by atoms with Crippen LogP contribution in [0.4, 0.5) is 0 Å². The third kappa shape index (κ3) is 2.09. The summed E-state index contributed by atoms with van der Waals surface area (Å²) in [6, 6.07) is 0.347. The lowest BCUT2D eigenvalue weighted by atomic mass is 10.2. The molecule has 1 unspecified atom stereocenters. The lowest BCUT2D eigenvalue weighted by Crippen LogP contribution is -2.31. The zero-order chi connectivity index (χ0) is 8.10. The average molecular weight is 154 g/mol. The van der Waals surface area contributed by atoms with Crippen molar-refractivity contribution >= 4 is 0 Å². The van der Waals surface area contributed by atoms with Gasteiger partial charge in [-0.3, -0.25) is 0 Å². The second-order valence-electron chi connectivity index (χ2n) is 2.81. The molecular weight excluding hydrogens is 140 g/mol. The molecular formula is C8H14N2O. The van der Waals surface area contributed by atoms with Crippen LogP contribution in [0.3, 0.4) is 0 Å². The van der Waals surface area contributed by atoms with Gasteiger partial charge >= 0.3 is 0 Å². The van der Waals surface area contributed by atoms with E-state index in [2.05, 4.69) is 13.1 Å². The smallest absolute Gasteiger partial charge is 0.179 e. The van der Waals surface area contributed by atoms with Crippen molar-refractivity contribution in [2.24, 2.45) is 0 Å². The van der Waals surface area contributed by atoms with E-state index in [4.69, 9.17) is 10.00 Å². The van der Waals surface area contributed by atoms with E-state index in [0.29, 0.717) is 6.04 Å². The minimum Gasteiger partial charge on any atom is -0.379 e. The maximum Gasteiger partial charge on any atom is 0.179 e. The van der Waals surface area contributed by atoms with Gasteiger partial charge in [0.2, 0.25) is 0 Å². The van der Waals surface area contributed by atoms with Gasteiger partial charge in [0.05, 0.1) is 12.6 Å². The molecule has 0 spiro atoms. The highest BCUT2D eigenvalue weighted by Gasteiger charge is 2.21. The standard InChI is InChI=1S/C8H14N2O/c1-2-4-10(7-9)8-3-5-11-6-8/h8H,2-6H2,1H3. The van der Waals surface area contributed by atoms with Gasteiger partial charge in [0.15, 0.2) is 6.19 Å². The molecule has 0 aromatic heterocycles. The van der Waals surface area contributed by atoms with Crippen molar-refractivity contribution in [1.29, 1.82) is 5.26 Å². The monoisotopic (exact) mass is 154 g/mol. The molecule has 0 aromatic rings. The minimum absolute atomic E-state index is 0.347. The zero-order valence-corrected chi connectivity index (χ0v) is 6.92. The molecule has 1 aliphatic heterocycles. The molecule has 0 amide bonds. The molecule has 0 radical (unpaired) electrons. The Hall–Kier alpha value is -0.750. The van der Waals surface area contributed by atoms with E-state index in [9.17, 15) is 0 Å². The summed E-state index contributed by atoms with van der Waals surface area (Å²) in [6.45, 7) is 4.49. The molecule has 11 heavy (non-hydrogen) atoms. The fourth-order valence-corrected chi connectivity index (χ4v) is 1.32. The van der Waals surface area contributed by atoms with Gasteiger partial charge in [-0.2, -0.15) is 5.26 Å². The van der Waals surface area contributed by atoms with E-state index in [1.165, 1.54) is 0 Å². The number of hydrogen-bond acceptors (Lipinski definition) is 3. The first-order valence-corrected chi connectivity index (χ1v) is 4.12. The number of ether oxygens (including phenoxy) is 1. The van der Waals surface area contributed by atoms with Gasteiger partial charge in [-0.05, 0) is 12.8 Å². The van der Waals surface area contributed by atoms with Crippen LogP contribution in [0.2, 0.25) is 0 Å². The zero-order valence-electron chi connectivity index (χ0n) is 6.92. The molecule has 3 nitrogen and oxygen atoms in total. The third-order valence-electron chi connectivity index (χ3n) is 1.94. The Morgan fingerprint density at radius 3 is 3.00 bits per heavy atom. The fraction of sp³-hybridized carbons (Fsp3) is 0.875. The Balaban J connectivity index is 2.35.